The van der Waals surface area contributed by atoms with Crippen molar-refractivity contribution in [1.82, 2.24) is 0 Å². The van der Waals surface area contributed by atoms with E-state index in [-0.39, 0.29) is 16.6 Å². The molecule has 0 heterocycles. The van der Waals surface area contributed by atoms with Crippen LogP contribution in [0.2, 0.25) is 0 Å². The molecule has 0 bridgehead atoms. The van der Waals surface area contributed by atoms with E-state index < -0.39 is 11.9 Å². The fraction of sp³-hybridized carbons (Fsp3) is 0.682. The molecule has 2 N–H and O–H groups in total. The molecule has 0 aliphatic heterocycles. The Balaban J connectivity index is 0.00000101. The van der Waals surface area contributed by atoms with E-state index in [2.05, 4.69) is 27.7 Å². The van der Waals surface area contributed by atoms with Crippen molar-refractivity contribution in [2.24, 2.45) is 5.41 Å². The van der Waals surface area contributed by atoms with Gasteiger partial charge in [-0.05, 0) is 39.9 Å². The summed E-state index contributed by atoms with van der Waals surface area (Å²) in [5, 5.41) is 19.8. The Labute approximate surface area is 154 Å². The molecule has 0 aliphatic carbocycles. The molecule has 0 radical (unpaired) electrons. The number of phenolic OH excluding ortho intramolecular Hbond substituents is 1. The summed E-state index contributed by atoms with van der Waals surface area (Å²) in [7, 11) is 0. The minimum Gasteiger partial charge on any atom is -0.507 e. The van der Waals surface area contributed by atoms with Gasteiger partial charge in [-0.3, -0.25) is 4.79 Å². The van der Waals surface area contributed by atoms with E-state index in [0.29, 0.717) is 5.41 Å². The summed E-state index contributed by atoms with van der Waals surface area (Å²) >= 11 is 0. The standard InChI is InChI=1S/C17H26O3.C5H12/c1-10(15(19)20)11-8-12(16(2,3)4)14(18)13(9-11)17(5,6)7;1-5(2,3)4/h8-10,18H,1-7H3,(H,19,20);1-4H3. The van der Waals surface area contributed by atoms with Gasteiger partial charge in [0.05, 0.1) is 5.92 Å². The van der Waals surface area contributed by atoms with Gasteiger partial charge in [0.2, 0.25) is 0 Å². The van der Waals surface area contributed by atoms with Crippen molar-refractivity contribution in [2.45, 2.75) is 92.9 Å². The third kappa shape index (κ3) is 7.94. The molecule has 0 fully saturated rings. The van der Waals surface area contributed by atoms with E-state index in [1.54, 1.807) is 6.92 Å². The second-order valence-corrected chi connectivity index (χ2v) is 10.5. The molecule has 0 saturated carbocycles. The molecule has 1 aromatic rings. The molecule has 1 atom stereocenters. The largest absolute Gasteiger partial charge is 0.507 e. The summed E-state index contributed by atoms with van der Waals surface area (Å²) in [6.07, 6.45) is 0. The van der Waals surface area contributed by atoms with Gasteiger partial charge in [0.15, 0.2) is 0 Å². The number of hydrogen-bond donors (Lipinski definition) is 2. The third-order valence-corrected chi connectivity index (χ3v) is 3.62. The highest BCUT2D eigenvalue weighted by Crippen LogP contribution is 2.41. The summed E-state index contributed by atoms with van der Waals surface area (Å²) in [5.74, 6) is -1.15. The number of rotatable bonds is 2. The number of carboxylic acid groups (broad SMARTS) is 1. The fourth-order valence-corrected chi connectivity index (χ4v) is 2.19. The molecule has 1 aromatic carbocycles. The van der Waals surface area contributed by atoms with Crippen LogP contribution < -0.4 is 0 Å². The summed E-state index contributed by atoms with van der Waals surface area (Å²) < 4.78 is 0. The van der Waals surface area contributed by atoms with Gasteiger partial charge in [-0.15, -0.1) is 0 Å². The van der Waals surface area contributed by atoms with Crippen LogP contribution in [0.25, 0.3) is 0 Å². The molecule has 0 aromatic heterocycles. The summed E-state index contributed by atoms with van der Waals surface area (Å²) in [6.45, 7) is 22.5. The first-order chi connectivity index (χ1) is 10.9. The highest BCUT2D eigenvalue weighted by Gasteiger charge is 2.28. The number of benzene rings is 1. The normalized spacial score (nSPS) is 13.7. The monoisotopic (exact) mass is 350 g/mol. The number of hydrogen-bond acceptors (Lipinski definition) is 2. The maximum Gasteiger partial charge on any atom is 0.310 e. The molecule has 0 amide bonds. The van der Waals surface area contributed by atoms with Crippen LogP contribution in [0.15, 0.2) is 12.1 Å². The van der Waals surface area contributed by atoms with Crippen LogP contribution in [0.4, 0.5) is 0 Å². The van der Waals surface area contributed by atoms with E-state index in [1.807, 2.05) is 53.7 Å². The first-order valence-electron chi connectivity index (χ1n) is 8.96. The smallest absolute Gasteiger partial charge is 0.310 e. The van der Waals surface area contributed by atoms with Crippen LogP contribution in [0, 0.1) is 5.41 Å². The highest BCUT2D eigenvalue weighted by atomic mass is 16.4. The number of carbonyl (C=O) groups is 1. The SMILES string of the molecule is CC(C(=O)O)c1cc(C(C)(C)C)c(O)c(C(C)(C)C)c1.CC(C)(C)C. The third-order valence-electron chi connectivity index (χ3n) is 3.62. The summed E-state index contributed by atoms with van der Waals surface area (Å²) in [6, 6.07) is 3.65. The predicted octanol–water partition coefficient (Wildman–Crippen LogP) is 6.23. The highest BCUT2D eigenvalue weighted by molar-refractivity contribution is 5.76. The van der Waals surface area contributed by atoms with E-state index >= 15 is 0 Å². The van der Waals surface area contributed by atoms with Crippen LogP contribution in [0.3, 0.4) is 0 Å². The Hall–Kier alpha value is -1.51. The minimum atomic E-state index is -0.851. The summed E-state index contributed by atoms with van der Waals surface area (Å²) in [5.41, 5.74) is 2.36. The number of aliphatic carboxylic acids is 1. The van der Waals surface area contributed by atoms with Crippen LogP contribution >= 0.6 is 0 Å². The second kappa shape index (κ2) is 7.80. The van der Waals surface area contributed by atoms with Crippen molar-refractivity contribution in [1.29, 1.82) is 0 Å². The summed E-state index contributed by atoms with van der Waals surface area (Å²) in [4.78, 5) is 11.2. The van der Waals surface area contributed by atoms with Gasteiger partial charge in [0.1, 0.15) is 5.75 Å². The zero-order valence-corrected chi connectivity index (χ0v) is 18.0. The van der Waals surface area contributed by atoms with Gasteiger partial charge in [0, 0.05) is 0 Å². The quantitative estimate of drug-likeness (QED) is 0.665. The molecule has 1 rings (SSSR count). The predicted molar refractivity (Wildman–Crippen MR) is 107 cm³/mol. The van der Waals surface area contributed by atoms with Gasteiger partial charge < -0.3 is 10.2 Å². The van der Waals surface area contributed by atoms with Gasteiger partial charge >= 0.3 is 5.97 Å². The number of carboxylic acids is 1. The van der Waals surface area contributed by atoms with Crippen molar-refractivity contribution in [3.05, 3.63) is 28.8 Å². The molecule has 3 heteroatoms. The molecule has 0 aliphatic rings. The van der Waals surface area contributed by atoms with Crippen molar-refractivity contribution in [2.75, 3.05) is 0 Å². The van der Waals surface area contributed by atoms with E-state index in [1.165, 1.54) is 0 Å². The first-order valence-corrected chi connectivity index (χ1v) is 8.96. The van der Waals surface area contributed by atoms with Crippen LogP contribution in [0.1, 0.15) is 98.8 Å². The maximum atomic E-state index is 11.2. The van der Waals surface area contributed by atoms with Gasteiger partial charge in [-0.1, -0.05) is 81.4 Å². The van der Waals surface area contributed by atoms with Gasteiger partial charge in [-0.25, -0.2) is 0 Å². The second-order valence-electron chi connectivity index (χ2n) is 10.5. The van der Waals surface area contributed by atoms with E-state index in [9.17, 15) is 15.0 Å². The fourth-order valence-electron chi connectivity index (χ4n) is 2.19. The molecule has 0 spiro atoms. The van der Waals surface area contributed by atoms with Crippen molar-refractivity contribution in [3.8, 4) is 5.75 Å². The number of phenols is 1. The molecule has 1 unspecified atom stereocenters. The zero-order valence-electron chi connectivity index (χ0n) is 18.0. The lowest BCUT2D eigenvalue weighted by Crippen LogP contribution is -2.19. The lowest BCUT2D eigenvalue weighted by atomic mass is 9.77. The van der Waals surface area contributed by atoms with E-state index in [4.69, 9.17) is 0 Å². The van der Waals surface area contributed by atoms with Gasteiger partial charge in [0.25, 0.3) is 0 Å². The van der Waals surface area contributed by atoms with Crippen LogP contribution in [-0.2, 0) is 15.6 Å². The van der Waals surface area contributed by atoms with Crippen LogP contribution in [-0.4, -0.2) is 16.2 Å². The molecule has 25 heavy (non-hydrogen) atoms. The lowest BCUT2D eigenvalue weighted by Gasteiger charge is -2.28. The molecular weight excluding hydrogens is 312 g/mol. The maximum absolute atomic E-state index is 11.2. The Bertz CT molecular complexity index is 552. The Morgan fingerprint density at radius 1 is 0.840 bits per heavy atom. The molecule has 0 saturated heterocycles. The minimum absolute atomic E-state index is 0.238. The Kier molecular flexibility index (Phi) is 7.33. The zero-order chi connectivity index (χ0) is 20.4. The Morgan fingerprint density at radius 3 is 1.32 bits per heavy atom. The molecule has 144 valence electrons. The van der Waals surface area contributed by atoms with Crippen LogP contribution in [0.5, 0.6) is 5.75 Å². The lowest BCUT2D eigenvalue weighted by molar-refractivity contribution is -0.138. The molecule has 3 nitrogen and oxygen atoms in total. The molecular formula is C22H38O3. The average Bonchev–Trinajstić information content (AvgIpc) is 2.33. The van der Waals surface area contributed by atoms with Crippen molar-refractivity contribution < 1.29 is 15.0 Å². The Morgan fingerprint density at radius 2 is 1.12 bits per heavy atom. The average molecular weight is 351 g/mol. The van der Waals surface area contributed by atoms with E-state index in [0.717, 1.165) is 16.7 Å². The van der Waals surface area contributed by atoms with Crippen molar-refractivity contribution in [3.63, 3.8) is 0 Å². The number of aromatic hydroxyl groups is 1. The van der Waals surface area contributed by atoms with Crippen molar-refractivity contribution >= 4 is 5.97 Å². The first kappa shape index (κ1) is 23.5. The topological polar surface area (TPSA) is 57.5 Å². The van der Waals surface area contributed by atoms with Gasteiger partial charge in [-0.2, -0.15) is 0 Å².